The molecule has 1 aliphatic rings. The summed E-state index contributed by atoms with van der Waals surface area (Å²) >= 11 is 0. The number of hydrogen-bond acceptors (Lipinski definition) is 2. The molecule has 1 aromatic rings. The minimum absolute atomic E-state index is 0.0616. The van der Waals surface area contributed by atoms with Gasteiger partial charge in [0, 0.05) is 12.8 Å². The fourth-order valence-corrected chi connectivity index (χ4v) is 2.20. The van der Waals surface area contributed by atoms with E-state index in [1.807, 2.05) is 37.3 Å². The van der Waals surface area contributed by atoms with Crippen LogP contribution in [0.25, 0.3) is 0 Å². The molecule has 2 N–H and O–H groups in total. The van der Waals surface area contributed by atoms with Gasteiger partial charge in [0.25, 0.3) is 0 Å². The van der Waals surface area contributed by atoms with Crippen LogP contribution in [-0.4, -0.2) is 23.2 Å². The van der Waals surface area contributed by atoms with Gasteiger partial charge in [0.05, 0.1) is 12.1 Å². The van der Waals surface area contributed by atoms with E-state index in [1.54, 1.807) is 0 Å². The molecule has 3 heteroatoms. The van der Waals surface area contributed by atoms with E-state index in [1.165, 1.54) is 12.8 Å². The quantitative estimate of drug-likeness (QED) is 0.791. The van der Waals surface area contributed by atoms with Gasteiger partial charge in [0.2, 0.25) is 5.91 Å². The van der Waals surface area contributed by atoms with Crippen molar-refractivity contribution >= 4 is 5.91 Å². The van der Waals surface area contributed by atoms with E-state index in [-0.39, 0.29) is 11.9 Å². The van der Waals surface area contributed by atoms with Crippen LogP contribution in [-0.2, 0) is 11.2 Å². The smallest absolute Gasteiger partial charge is 0.220 e. The first-order chi connectivity index (χ1) is 9.15. The summed E-state index contributed by atoms with van der Waals surface area (Å²) < 4.78 is 0. The van der Waals surface area contributed by atoms with Crippen molar-refractivity contribution in [3.05, 3.63) is 35.9 Å². The molecule has 1 aromatic carbocycles. The Labute approximate surface area is 115 Å². The zero-order valence-electron chi connectivity index (χ0n) is 11.5. The van der Waals surface area contributed by atoms with Crippen molar-refractivity contribution in [3.63, 3.8) is 0 Å². The second-order valence-electron chi connectivity index (χ2n) is 5.60. The first-order valence-electron chi connectivity index (χ1n) is 7.16. The van der Waals surface area contributed by atoms with Crippen molar-refractivity contribution in [1.82, 2.24) is 5.32 Å². The number of rotatable bonds is 7. The largest absolute Gasteiger partial charge is 0.391 e. The number of benzene rings is 1. The van der Waals surface area contributed by atoms with Gasteiger partial charge in [-0.25, -0.2) is 0 Å². The van der Waals surface area contributed by atoms with Gasteiger partial charge < -0.3 is 10.4 Å². The number of nitrogens with one attached hydrogen (secondary N) is 1. The van der Waals surface area contributed by atoms with Gasteiger partial charge in [-0.15, -0.1) is 0 Å². The fourth-order valence-electron chi connectivity index (χ4n) is 2.20. The van der Waals surface area contributed by atoms with Crippen molar-refractivity contribution < 1.29 is 9.90 Å². The van der Waals surface area contributed by atoms with Crippen LogP contribution in [0.1, 0.15) is 38.2 Å². The van der Waals surface area contributed by atoms with Crippen LogP contribution in [0.5, 0.6) is 0 Å². The summed E-state index contributed by atoms with van der Waals surface area (Å²) in [4.78, 5) is 11.7. The third-order valence-electron chi connectivity index (χ3n) is 3.73. The molecular weight excluding hydrogens is 238 g/mol. The van der Waals surface area contributed by atoms with Crippen molar-refractivity contribution in [2.75, 3.05) is 0 Å². The number of carbonyl (C=O) groups excluding carboxylic acids is 1. The molecule has 0 bridgehead atoms. The van der Waals surface area contributed by atoms with E-state index in [0.717, 1.165) is 17.9 Å². The number of carbonyl (C=O) groups is 1. The van der Waals surface area contributed by atoms with E-state index >= 15 is 0 Å². The van der Waals surface area contributed by atoms with Gasteiger partial charge in [0.15, 0.2) is 0 Å². The molecule has 0 radical (unpaired) electrons. The minimum atomic E-state index is -0.535. The number of amides is 1. The van der Waals surface area contributed by atoms with E-state index < -0.39 is 6.10 Å². The lowest BCUT2D eigenvalue weighted by atomic mass is 10.0. The SMILES string of the molecule is CC(NC(=O)CCC1CC1)C(O)Cc1ccccc1. The van der Waals surface area contributed by atoms with Gasteiger partial charge in [-0.3, -0.25) is 4.79 Å². The molecular formula is C16H23NO2. The minimum Gasteiger partial charge on any atom is -0.391 e. The summed E-state index contributed by atoms with van der Waals surface area (Å²) in [6.45, 7) is 1.86. The highest BCUT2D eigenvalue weighted by Crippen LogP contribution is 2.33. The molecule has 2 rings (SSSR count). The predicted molar refractivity (Wildman–Crippen MR) is 75.7 cm³/mol. The Morgan fingerprint density at radius 1 is 1.37 bits per heavy atom. The highest BCUT2D eigenvalue weighted by Gasteiger charge is 2.23. The molecule has 1 aliphatic carbocycles. The normalized spacial score (nSPS) is 17.8. The zero-order chi connectivity index (χ0) is 13.7. The monoisotopic (exact) mass is 261 g/mol. The number of aliphatic hydroxyl groups is 1. The standard InChI is InChI=1S/C16H23NO2/c1-12(17-16(19)10-9-13-7-8-13)15(18)11-14-5-3-2-4-6-14/h2-6,12-13,15,18H,7-11H2,1H3,(H,17,19). The maximum atomic E-state index is 11.7. The van der Waals surface area contributed by atoms with Gasteiger partial charge in [-0.2, -0.15) is 0 Å². The Balaban J connectivity index is 1.71. The molecule has 1 fully saturated rings. The Morgan fingerprint density at radius 3 is 2.68 bits per heavy atom. The van der Waals surface area contributed by atoms with Crippen LogP contribution in [0.2, 0.25) is 0 Å². The molecule has 0 aromatic heterocycles. The summed E-state index contributed by atoms with van der Waals surface area (Å²) in [6.07, 6.45) is 4.18. The molecule has 0 saturated heterocycles. The molecule has 0 aliphatic heterocycles. The fraction of sp³-hybridized carbons (Fsp3) is 0.562. The molecule has 2 unspecified atom stereocenters. The van der Waals surface area contributed by atoms with Gasteiger partial charge in [0.1, 0.15) is 0 Å². The molecule has 2 atom stereocenters. The third kappa shape index (κ3) is 5.03. The van der Waals surface area contributed by atoms with Crippen molar-refractivity contribution in [2.24, 2.45) is 5.92 Å². The lowest BCUT2D eigenvalue weighted by Crippen LogP contribution is -2.42. The second-order valence-corrected chi connectivity index (χ2v) is 5.60. The van der Waals surface area contributed by atoms with Crippen LogP contribution >= 0.6 is 0 Å². The van der Waals surface area contributed by atoms with E-state index in [0.29, 0.717) is 12.8 Å². The van der Waals surface area contributed by atoms with E-state index in [2.05, 4.69) is 5.32 Å². The van der Waals surface area contributed by atoms with E-state index in [9.17, 15) is 9.90 Å². The Kier molecular flexibility index (Phi) is 4.97. The summed E-state index contributed by atoms with van der Waals surface area (Å²) in [6, 6.07) is 9.66. The van der Waals surface area contributed by atoms with Gasteiger partial charge in [-0.05, 0) is 24.8 Å². The Morgan fingerprint density at radius 2 is 2.05 bits per heavy atom. The van der Waals surface area contributed by atoms with Crippen molar-refractivity contribution in [1.29, 1.82) is 0 Å². The summed E-state index contributed by atoms with van der Waals surface area (Å²) in [5.74, 6) is 0.835. The van der Waals surface area contributed by atoms with Crippen LogP contribution in [0.4, 0.5) is 0 Å². The molecule has 19 heavy (non-hydrogen) atoms. The topological polar surface area (TPSA) is 49.3 Å². The average Bonchev–Trinajstić information content (AvgIpc) is 3.21. The first kappa shape index (κ1) is 14.1. The second kappa shape index (κ2) is 6.71. The van der Waals surface area contributed by atoms with Crippen LogP contribution in [0.3, 0.4) is 0 Å². The zero-order valence-corrected chi connectivity index (χ0v) is 11.5. The molecule has 0 spiro atoms. The molecule has 1 amide bonds. The summed E-state index contributed by atoms with van der Waals surface area (Å²) in [5, 5.41) is 13.0. The predicted octanol–water partition coefficient (Wildman–Crippen LogP) is 2.28. The first-order valence-corrected chi connectivity index (χ1v) is 7.16. The Hall–Kier alpha value is -1.35. The van der Waals surface area contributed by atoms with Crippen molar-refractivity contribution in [2.45, 2.75) is 51.2 Å². The average molecular weight is 261 g/mol. The molecule has 0 heterocycles. The van der Waals surface area contributed by atoms with Crippen LogP contribution in [0, 0.1) is 5.92 Å². The molecule has 1 saturated carbocycles. The third-order valence-corrected chi connectivity index (χ3v) is 3.73. The van der Waals surface area contributed by atoms with Crippen LogP contribution < -0.4 is 5.32 Å². The maximum absolute atomic E-state index is 11.7. The van der Waals surface area contributed by atoms with Gasteiger partial charge >= 0.3 is 0 Å². The number of aliphatic hydroxyl groups excluding tert-OH is 1. The Bertz CT molecular complexity index is 400. The lowest BCUT2D eigenvalue weighted by molar-refractivity contribution is -0.122. The lowest BCUT2D eigenvalue weighted by Gasteiger charge is -2.20. The van der Waals surface area contributed by atoms with Gasteiger partial charge in [-0.1, -0.05) is 43.2 Å². The number of hydrogen-bond donors (Lipinski definition) is 2. The molecule has 104 valence electrons. The van der Waals surface area contributed by atoms with Crippen LogP contribution in [0.15, 0.2) is 30.3 Å². The molecule has 3 nitrogen and oxygen atoms in total. The summed E-state index contributed by atoms with van der Waals surface area (Å²) in [7, 11) is 0. The summed E-state index contributed by atoms with van der Waals surface area (Å²) in [5.41, 5.74) is 1.09. The highest BCUT2D eigenvalue weighted by molar-refractivity contribution is 5.76. The highest BCUT2D eigenvalue weighted by atomic mass is 16.3. The maximum Gasteiger partial charge on any atom is 0.220 e. The van der Waals surface area contributed by atoms with Crippen molar-refractivity contribution in [3.8, 4) is 0 Å². The van der Waals surface area contributed by atoms with E-state index in [4.69, 9.17) is 0 Å².